The molecule has 0 bridgehead atoms. The standard InChI is InChI=1S/C20H22N2O4S/c1-3-14-4-7-18(8-5-14)27(24,25)21-11-10-15-12-16-13-17(26-2)6-9-19(16)22-20(15)23/h4-9,12-13,21H,3,10-11H2,1-2H3,(H,22,23). The van der Waals surface area contributed by atoms with Crippen molar-refractivity contribution in [1.29, 1.82) is 0 Å². The SMILES string of the molecule is CCc1ccc(S(=O)(=O)NCCc2cc3cc(OC)ccc3[nH]c2=O)cc1. The molecule has 0 radical (unpaired) electrons. The Balaban J connectivity index is 1.73. The van der Waals surface area contributed by atoms with Crippen molar-refractivity contribution in [3.8, 4) is 5.75 Å². The number of ether oxygens (including phenoxy) is 1. The molecule has 6 nitrogen and oxygen atoms in total. The van der Waals surface area contributed by atoms with Gasteiger partial charge >= 0.3 is 0 Å². The minimum absolute atomic E-state index is 0.135. The molecule has 1 heterocycles. The fourth-order valence-electron chi connectivity index (χ4n) is 2.85. The van der Waals surface area contributed by atoms with E-state index in [0.29, 0.717) is 16.8 Å². The monoisotopic (exact) mass is 386 g/mol. The summed E-state index contributed by atoms with van der Waals surface area (Å²) < 4.78 is 32.5. The molecule has 3 rings (SSSR count). The van der Waals surface area contributed by atoms with Gasteiger partial charge in [-0.3, -0.25) is 4.79 Å². The summed E-state index contributed by atoms with van der Waals surface area (Å²) in [6.45, 7) is 2.15. The Hall–Kier alpha value is -2.64. The third kappa shape index (κ3) is 4.37. The number of hydrogen-bond donors (Lipinski definition) is 2. The van der Waals surface area contributed by atoms with E-state index in [1.165, 1.54) is 0 Å². The number of hydrogen-bond acceptors (Lipinski definition) is 4. The molecule has 0 amide bonds. The van der Waals surface area contributed by atoms with E-state index in [-0.39, 0.29) is 23.4 Å². The zero-order chi connectivity index (χ0) is 19.4. The van der Waals surface area contributed by atoms with Gasteiger partial charge in [-0.05, 0) is 54.8 Å². The lowest BCUT2D eigenvalue weighted by molar-refractivity contribution is 0.415. The van der Waals surface area contributed by atoms with Crippen LogP contribution in [0.1, 0.15) is 18.1 Å². The number of nitrogens with one attached hydrogen (secondary N) is 2. The van der Waals surface area contributed by atoms with E-state index in [9.17, 15) is 13.2 Å². The van der Waals surface area contributed by atoms with E-state index in [4.69, 9.17) is 4.74 Å². The molecule has 0 unspecified atom stereocenters. The molecule has 0 aliphatic heterocycles. The molecule has 0 atom stereocenters. The summed E-state index contributed by atoms with van der Waals surface area (Å²) in [6, 6.07) is 13.9. The fourth-order valence-corrected chi connectivity index (χ4v) is 3.88. The Kier molecular flexibility index (Phi) is 5.62. The van der Waals surface area contributed by atoms with Gasteiger partial charge in [-0.25, -0.2) is 13.1 Å². The first-order valence-corrected chi connectivity index (χ1v) is 10.2. The van der Waals surface area contributed by atoms with E-state index in [2.05, 4.69) is 9.71 Å². The van der Waals surface area contributed by atoms with Crippen molar-refractivity contribution in [2.45, 2.75) is 24.7 Å². The molecule has 142 valence electrons. The third-order valence-corrected chi connectivity index (χ3v) is 5.93. The molecule has 0 aliphatic rings. The van der Waals surface area contributed by atoms with Gasteiger partial charge in [0.25, 0.3) is 5.56 Å². The van der Waals surface area contributed by atoms with Gasteiger partial charge in [-0.2, -0.15) is 0 Å². The predicted octanol–water partition coefficient (Wildman–Crippen LogP) is 2.62. The second-order valence-electron chi connectivity index (χ2n) is 6.22. The molecule has 0 aliphatic carbocycles. The van der Waals surface area contributed by atoms with Crippen LogP contribution in [0.2, 0.25) is 0 Å². The molecule has 0 spiro atoms. The topological polar surface area (TPSA) is 88.3 Å². The summed E-state index contributed by atoms with van der Waals surface area (Å²) in [5.41, 5.74) is 2.08. The molecule has 2 aromatic carbocycles. The van der Waals surface area contributed by atoms with Crippen molar-refractivity contribution in [1.82, 2.24) is 9.71 Å². The van der Waals surface area contributed by atoms with E-state index < -0.39 is 10.0 Å². The van der Waals surface area contributed by atoms with E-state index in [0.717, 1.165) is 17.4 Å². The second kappa shape index (κ2) is 7.94. The van der Waals surface area contributed by atoms with Crippen LogP contribution in [0.4, 0.5) is 0 Å². The molecule has 0 saturated heterocycles. The molecule has 1 aromatic heterocycles. The summed E-state index contributed by atoms with van der Waals surface area (Å²) >= 11 is 0. The minimum atomic E-state index is -3.60. The van der Waals surface area contributed by atoms with Crippen LogP contribution in [-0.4, -0.2) is 27.1 Å². The highest BCUT2D eigenvalue weighted by molar-refractivity contribution is 7.89. The molecular weight excluding hydrogens is 364 g/mol. The Morgan fingerprint density at radius 1 is 1.07 bits per heavy atom. The lowest BCUT2D eigenvalue weighted by Crippen LogP contribution is -2.27. The predicted molar refractivity (Wildman–Crippen MR) is 106 cm³/mol. The Morgan fingerprint density at radius 3 is 2.48 bits per heavy atom. The number of rotatable bonds is 7. The number of aromatic nitrogens is 1. The zero-order valence-corrected chi connectivity index (χ0v) is 16.1. The van der Waals surface area contributed by atoms with Crippen molar-refractivity contribution in [2.75, 3.05) is 13.7 Å². The van der Waals surface area contributed by atoms with Gasteiger partial charge in [0.05, 0.1) is 12.0 Å². The van der Waals surface area contributed by atoms with Gasteiger partial charge in [0.1, 0.15) is 5.75 Å². The summed E-state index contributed by atoms with van der Waals surface area (Å²) in [4.78, 5) is 15.3. The maximum absolute atomic E-state index is 12.4. The van der Waals surface area contributed by atoms with Crippen LogP contribution >= 0.6 is 0 Å². The van der Waals surface area contributed by atoms with Crippen LogP contribution in [0.25, 0.3) is 10.9 Å². The van der Waals surface area contributed by atoms with Crippen LogP contribution in [0.15, 0.2) is 58.2 Å². The molecule has 0 fully saturated rings. The smallest absolute Gasteiger partial charge is 0.251 e. The average Bonchev–Trinajstić information content (AvgIpc) is 2.68. The fraction of sp³-hybridized carbons (Fsp3) is 0.250. The lowest BCUT2D eigenvalue weighted by atomic mass is 10.1. The first kappa shape index (κ1) is 19.1. The van der Waals surface area contributed by atoms with Crippen molar-refractivity contribution in [3.05, 3.63) is 70.0 Å². The van der Waals surface area contributed by atoms with Crippen molar-refractivity contribution in [3.63, 3.8) is 0 Å². The van der Waals surface area contributed by atoms with E-state index in [1.54, 1.807) is 49.6 Å². The number of pyridine rings is 1. The molecular formula is C20H22N2O4S. The lowest BCUT2D eigenvalue weighted by Gasteiger charge is -2.08. The molecule has 0 saturated carbocycles. The number of benzene rings is 2. The maximum Gasteiger partial charge on any atom is 0.251 e. The Morgan fingerprint density at radius 2 is 1.81 bits per heavy atom. The van der Waals surface area contributed by atoms with Crippen molar-refractivity contribution >= 4 is 20.9 Å². The normalized spacial score (nSPS) is 11.6. The molecule has 3 aromatic rings. The summed E-state index contributed by atoms with van der Waals surface area (Å²) in [5.74, 6) is 0.691. The second-order valence-corrected chi connectivity index (χ2v) is 7.99. The number of H-pyrrole nitrogens is 1. The number of sulfonamides is 1. The third-order valence-electron chi connectivity index (χ3n) is 4.46. The first-order valence-electron chi connectivity index (χ1n) is 8.71. The van der Waals surface area contributed by atoms with Gasteiger partial charge in [-0.1, -0.05) is 19.1 Å². The van der Waals surface area contributed by atoms with Gasteiger partial charge in [0.15, 0.2) is 0 Å². The highest BCUT2D eigenvalue weighted by Gasteiger charge is 2.13. The molecule has 7 heteroatoms. The minimum Gasteiger partial charge on any atom is -0.497 e. The number of aryl methyl sites for hydroxylation is 1. The summed E-state index contributed by atoms with van der Waals surface area (Å²) in [7, 11) is -2.02. The Labute approximate surface area is 158 Å². The van der Waals surface area contributed by atoms with Crippen LogP contribution in [0.3, 0.4) is 0 Å². The Bertz CT molecular complexity index is 1100. The van der Waals surface area contributed by atoms with Gasteiger partial charge in [0.2, 0.25) is 10.0 Å². The first-order chi connectivity index (χ1) is 12.9. The highest BCUT2D eigenvalue weighted by Crippen LogP contribution is 2.19. The summed E-state index contributed by atoms with van der Waals surface area (Å²) in [5, 5.41) is 0.835. The van der Waals surface area contributed by atoms with Gasteiger partial charge in [-0.15, -0.1) is 0 Å². The highest BCUT2D eigenvalue weighted by atomic mass is 32.2. The average molecular weight is 386 g/mol. The summed E-state index contributed by atoms with van der Waals surface area (Å²) in [6.07, 6.45) is 1.14. The zero-order valence-electron chi connectivity index (χ0n) is 15.3. The number of fused-ring (bicyclic) bond motifs is 1. The van der Waals surface area contributed by atoms with Gasteiger partial charge < -0.3 is 9.72 Å². The van der Waals surface area contributed by atoms with Crippen molar-refractivity contribution < 1.29 is 13.2 Å². The quantitative estimate of drug-likeness (QED) is 0.653. The van der Waals surface area contributed by atoms with Crippen molar-refractivity contribution in [2.24, 2.45) is 0 Å². The molecule has 2 N–H and O–H groups in total. The molecule has 27 heavy (non-hydrogen) atoms. The maximum atomic E-state index is 12.4. The number of methoxy groups -OCH3 is 1. The van der Waals surface area contributed by atoms with E-state index >= 15 is 0 Å². The van der Waals surface area contributed by atoms with Crippen LogP contribution < -0.4 is 15.0 Å². The van der Waals surface area contributed by atoms with Crippen LogP contribution in [0, 0.1) is 0 Å². The van der Waals surface area contributed by atoms with E-state index in [1.807, 2.05) is 13.0 Å². The largest absolute Gasteiger partial charge is 0.497 e. The van der Waals surface area contributed by atoms with Crippen LogP contribution in [-0.2, 0) is 22.9 Å². The van der Waals surface area contributed by atoms with Gasteiger partial charge in [0, 0.05) is 23.0 Å². The van der Waals surface area contributed by atoms with Crippen LogP contribution in [0.5, 0.6) is 5.75 Å². The number of aromatic amines is 1.